The number of allylic oxidation sites excluding steroid dienone is 2. The summed E-state index contributed by atoms with van der Waals surface area (Å²) in [5.41, 5.74) is 4.54. The predicted octanol–water partition coefficient (Wildman–Crippen LogP) is 9.90. The summed E-state index contributed by atoms with van der Waals surface area (Å²) in [6.45, 7) is 4.59. The highest BCUT2D eigenvalue weighted by Crippen LogP contribution is 2.34. The molecule has 3 rings (SSSR count). The molecule has 0 radical (unpaired) electrons. The van der Waals surface area contributed by atoms with E-state index in [1.807, 2.05) is 0 Å². The maximum absolute atomic E-state index is 2.55. The zero-order valence-electron chi connectivity index (χ0n) is 19.7. The Balaban J connectivity index is 1.51. The molecule has 0 aromatic heterocycles. The number of hydrogen-bond donors (Lipinski definition) is 0. The first-order chi connectivity index (χ1) is 14.8. The Morgan fingerprint density at radius 2 is 1.43 bits per heavy atom. The van der Waals surface area contributed by atoms with Crippen LogP contribution in [0.5, 0.6) is 0 Å². The Morgan fingerprint density at radius 3 is 2.17 bits per heavy atom. The van der Waals surface area contributed by atoms with Crippen LogP contribution in [0.4, 0.5) is 0 Å². The lowest BCUT2D eigenvalue weighted by atomic mass is 9.83. The molecule has 0 heterocycles. The van der Waals surface area contributed by atoms with Crippen LogP contribution in [0.2, 0.25) is 0 Å². The summed E-state index contributed by atoms with van der Waals surface area (Å²) in [5.74, 6) is 0.927. The average Bonchev–Trinajstić information content (AvgIpc) is 2.79. The molecule has 0 nitrogen and oxygen atoms in total. The van der Waals surface area contributed by atoms with Crippen molar-refractivity contribution in [1.29, 1.82) is 0 Å². The fraction of sp³-hybridized carbons (Fsp3) is 0.600. The first-order valence-electron chi connectivity index (χ1n) is 13.0. The Kier molecular flexibility index (Phi) is 10.0. The van der Waals surface area contributed by atoms with Crippen LogP contribution in [0, 0.1) is 5.92 Å². The average molecular weight is 405 g/mol. The maximum atomic E-state index is 2.55. The molecular formula is C30H44. The van der Waals surface area contributed by atoms with Gasteiger partial charge in [0, 0.05) is 0 Å². The van der Waals surface area contributed by atoms with Gasteiger partial charge in [0.25, 0.3) is 0 Å². The van der Waals surface area contributed by atoms with Gasteiger partial charge < -0.3 is 0 Å². The third kappa shape index (κ3) is 7.29. The molecule has 0 amide bonds. The highest BCUT2D eigenvalue weighted by Gasteiger charge is 2.15. The SMILES string of the molecule is CCCCCCCc1ccc2cc(C3=CCC(CCCCCCC)CC3)ccc2c1. The molecule has 0 bridgehead atoms. The third-order valence-corrected chi connectivity index (χ3v) is 7.08. The number of hydrogen-bond acceptors (Lipinski definition) is 0. The van der Waals surface area contributed by atoms with E-state index in [1.165, 1.54) is 118 Å². The van der Waals surface area contributed by atoms with Gasteiger partial charge in [-0.3, -0.25) is 0 Å². The minimum atomic E-state index is 0.927. The summed E-state index contributed by atoms with van der Waals surface area (Å²) in [4.78, 5) is 0. The second-order valence-corrected chi connectivity index (χ2v) is 9.63. The van der Waals surface area contributed by atoms with Crippen molar-refractivity contribution in [3.8, 4) is 0 Å². The summed E-state index contributed by atoms with van der Waals surface area (Å²) in [5, 5.41) is 2.81. The zero-order chi connectivity index (χ0) is 21.0. The molecule has 0 heteroatoms. The predicted molar refractivity (Wildman–Crippen MR) is 135 cm³/mol. The summed E-state index contributed by atoms with van der Waals surface area (Å²) in [6, 6.07) is 14.3. The Labute approximate surface area is 186 Å². The molecule has 0 N–H and O–H groups in total. The maximum Gasteiger partial charge on any atom is -0.0178 e. The molecule has 2 aromatic carbocycles. The van der Waals surface area contributed by atoms with Crippen molar-refractivity contribution in [1.82, 2.24) is 0 Å². The number of unbranched alkanes of at least 4 members (excludes halogenated alkanes) is 8. The van der Waals surface area contributed by atoms with E-state index in [4.69, 9.17) is 0 Å². The zero-order valence-corrected chi connectivity index (χ0v) is 19.7. The van der Waals surface area contributed by atoms with Crippen LogP contribution in [-0.4, -0.2) is 0 Å². The number of fused-ring (bicyclic) bond motifs is 1. The molecule has 1 aliphatic rings. The van der Waals surface area contributed by atoms with Crippen molar-refractivity contribution in [2.45, 2.75) is 110 Å². The molecule has 1 atom stereocenters. The fourth-order valence-electron chi connectivity index (χ4n) is 5.03. The van der Waals surface area contributed by atoms with E-state index in [-0.39, 0.29) is 0 Å². The molecule has 0 fully saturated rings. The number of aryl methyl sites for hydroxylation is 1. The van der Waals surface area contributed by atoms with Gasteiger partial charge in [0.1, 0.15) is 0 Å². The fourth-order valence-corrected chi connectivity index (χ4v) is 5.03. The molecule has 30 heavy (non-hydrogen) atoms. The highest BCUT2D eigenvalue weighted by atomic mass is 14.2. The van der Waals surface area contributed by atoms with Gasteiger partial charge in [0.05, 0.1) is 0 Å². The third-order valence-electron chi connectivity index (χ3n) is 7.08. The summed E-state index contributed by atoms with van der Waals surface area (Å²) in [7, 11) is 0. The van der Waals surface area contributed by atoms with Crippen molar-refractivity contribution in [3.05, 3.63) is 53.6 Å². The van der Waals surface area contributed by atoms with Crippen LogP contribution in [-0.2, 0) is 6.42 Å². The van der Waals surface area contributed by atoms with E-state index in [1.54, 1.807) is 5.57 Å². The minimum Gasteiger partial charge on any atom is -0.0804 e. The summed E-state index contributed by atoms with van der Waals surface area (Å²) < 4.78 is 0. The quantitative estimate of drug-likeness (QED) is 0.291. The monoisotopic (exact) mass is 404 g/mol. The van der Waals surface area contributed by atoms with E-state index in [0.29, 0.717) is 0 Å². The van der Waals surface area contributed by atoms with Gasteiger partial charge in [-0.05, 0) is 71.6 Å². The van der Waals surface area contributed by atoms with E-state index in [0.717, 1.165) is 5.92 Å². The molecule has 164 valence electrons. The molecule has 1 aliphatic carbocycles. The first-order valence-corrected chi connectivity index (χ1v) is 13.0. The molecular weight excluding hydrogens is 360 g/mol. The number of rotatable bonds is 13. The van der Waals surface area contributed by atoms with Gasteiger partial charge in [0.15, 0.2) is 0 Å². The summed E-state index contributed by atoms with van der Waals surface area (Å²) in [6.07, 6.45) is 23.0. The van der Waals surface area contributed by atoms with Crippen molar-refractivity contribution in [3.63, 3.8) is 0 Å². The van der Waals surface area contributed by atoms with E-state index in [2.05, 4.69) is 56.3 Å². The van der Waals surface area contributed by atoms with Crippen LogP contribution in [0.25, 0.3) is 16.3 Å². The molecule has 0 saturated heterocycles. The van der Waals surface area contributed by atoms with Crippen LogP contribution in [0.15, 0.2) is 42.5 Å². The van der Waals surface area contributed by atoms with Gasteiger partial charge in [-0.25, -0.2) is 0 Å². The largest absolute Gasteiger partial charge is 0.0804 e. The van der Waals surface area contributed by atoms with Crippen LogP contribution < -0.4 is 0 Å². The normalized spacial score (nSPS) is 16.7. The summed E-state index contributed by atoms with van der Waals surface area (Å²) >= 11 is 0. The molecule has 0 aliphatic heterocycles. The van der Waals surface area contributed by atoms with E-state index < -0.39 is 0 Å². The smallest absolute Gasteiger partial charge is 0.0178 e. The van der Waals surface area contributed by atoms with Crippen LogP contribution in [0.1, 0.15) is 115 Å². The van der Waals surface area contributed by atoms with E-state index >= 15 is 0 Å². The second-order valence-electron chi connectivity index (χ2n) is 9.63. The van der Waals surface area contributed by atoms with Gasteiger partial charge in [-0.15, -0.1) is 0 Å². The topological polar surface area (TPSA) is 0 Å². The lowest BCUT2D eigenvalue weighted by Gasteiger charge is -2.22. The first kappa shape index (κ1) is 23.1. The molecule has 0 spiro atoms. The molecule has 2 aromatic rings. The van der Waals surface area contributed by atoms with Gasteiger partial charge in [-0.2, -0.15) is 0 Å². The lowest BCUT2D eigenvalue weighted by Crippen LogP contribution is -2.05. The molecule has 1 unspecified atom stereocenters. The van der Waals surface area contributed by atoms with Gasteiger partial charge in [-0.1, -0.05) is 114 Å². The highest BCUT2D eigenvalue weighted by molar-refractivity contribution is 5.87. The Hall–Kier alpha value is -1.56. The lowest BCUT2D eigenvalue weighted by molar-refractivity contribution is 0.424. The van der Waals surface area contributed by atoms with Crippen molar-refractivity contribution in [2.24, 2.45) is 5.92 Å². The number of benzene rings is 2. The van der Waals surface area contributed by atoms with Crippen molar-refractivity contribution in [2.75, 3.05) is 0 Å². The molecule has 0 saturated carbocycles. The van der Waals surface area contributed by atoms with Gasteiger partial charge >= 0.3 is 0 Å². The van der Waals surface area contributed by atoms with Crippen LogP contribution >= 0.6 is 0 Å². The van der Waals surface area contributed by atoms with E-state index in [9.17, 15) is 0 Å². The van der Waals surface area contributed by atoms with Crippen molar-refractivity contribution >= 4 is 16.3 Å². The van der Waals surface area contributed by atoms with Crippen molar-refractivity contribution < 1.29 is 0 Å². The Bertz CT molecular complexity index is 782. The van der Waals surface area contributed by atoms with Crippen LogP contribution in [0.3, 0.4) is 0 Å². The second kappa shape index (κ2) is 13.0. The standard InChI is InChI=1S/C30H44/c1-3-5-7-9-11-13-25-15-18-27(19-16-25)29-22-21-28-23-26(17-20-30(28)24-29)14-12-10-8-6-4-2/h17-18,20-25H,3-16,19H2,1-2H3. The Morgan fingerprint density at radius 1 is 0.733 bits per heavy atom. The minimum absolute atomic E-state index is 0.927. The van der Waals surface area contributed by atoms with Gasteiger partial charge in [0.2, 0.25) is 0 Å².